The number of halogens is 1. The van der Waals surface area contributed by atoms with E-state index >= 15 is 0 Å². The molecule has 2 rings (SSSR count). The first-order chi connectivity index (χ1) is 11.2. The van der Waals surface area contributed by atoms with Crippen LogP contribution >= 0.6 is 11.6 Å². The van der Waals surface area contributed by atoms with Crippen LogP contribution in [0.2, 0.25) is 5.02 Å². The molecule has 0 aromatic heterocycles. The molecule has 5 heteroatoms. The highest BCUT2D eigenvalue weighted by atomic mass is 35.5. The first-order valence-electron chi connectivity index (χ1n) is 6.74. The van der Waals surface area contributed by atoms with Gasteiger partial charge in [0, 0.05) is 10.6 Å². The highest BCUT2D eigenvalue weighted by Gasteiger charge is 2.10. The van der Waals surface area contributed by atoms with Crippen molar-refractivity contribution in [3.05, 3.63) is 64.2 Å². The summed E-state index contributed by atoms with van der Waals surface area (Å²) in [6.07, 6.45) is 1.47. The van der Waals surface area contributed by atoms with Gasteiger partial charge in [0.15, 0.2) is 11.5 Å². The highest BCUT2D eigenvalue weighted by Crippen LogP contribution is 2.33. The van der Waals surface area contributed by atoms with E-state index in [2.05, 4.69) is 0 Å². The van der Waals surface area contributed by atoms with Crippen molar-refractivity contribution in [2.24, 2.45) is 0 Å². The Balaban J connectivity index is 2.32. The summed E-state index contributed by atoms with van der Waals surface area (Å²) in [4.78, 5) is 0. The van der Waals surface area contributed by atoms with E-state index in [1.165, 1.54) is 13.2 Å². The monoisotopic (exact) mass is 324 g/mol. The van der Waals surface area contributed by atoms with Crippen molar-refractivity contribution in [1.29, 1.82) is 10.5 Å². The Morgan fingerprint density at radius 2 is 1.83 bits per heavy atom. The number of nitriles is 2. The van der Waals surface area contributed by atoms with Gasteiger partial charge in [0.05, 0.1) is 7.11 Å². The molecule has 23 heavy (non-hydrogen) atoms. The number of hydrogen-bond acceptors (Lipinski definition) is 4. The smallest absolute Gasteiger partial charge is 0.168 e. The number of rotatable bonds is 5. The maximum atomic E-state index is 8.91. The van der Waals surface area contributed by atoms with E-state index < -0.39 is 0 Å². The molecule has 0 amide bonds. The Kier molecular flexibility index (Phi) is 5.63. The fourth-order valence-corrected chi connectivity index (χ4v) is 2.07. The molecule has 0 aliphatic rings. The summed E-state index contributed by atoms with van der Waals surface area (Å²) in [6, 6.07) is 16.3. The van der Waals surface area contributed by atoms with Gasteiger partial charge in [-0.2, -0.15) is 10.5 Å². The van der Waals surface area contributed by atoms with E-state index in [4.69, 9.17) is 31.6 Å². The molecule has 0 bridgehead atoms. The fraction of sp³-hybridized carbons (Fsp3) is 0.111. The standard InChI is InChI=1S/C18H13ClN2O2/c1-22-17-4-2-3-15(9-14(10-20)11-21)18(17)23-12-13-5-7-16(19)8-6-13/h2-9H,12H2,1H3. The second kappa shape index (κ2) is 7.89. The molecule has 0 radical (unpaired) electrons. The molecule has 0 fully saturated rings. The molecule has 0 heterocycles. The van der Waals surface area contributed by atoms with Gasteiger partial charge in [0.25, 0.3) is 0 Å². The lowest BCUT2D eigenvalue weighted by atomic mass is 10.1. The average Bonchev–Trinajstić information content (AvgIpc) is 2.59. The molecule has 0 atom stereocenters. The van der Waals surface area contributed by atoms with Crippen molar-refractivity contribution in [3.8, 4) is 23.6 Å². The van der Waals surface area contributed by atoms with Gasteiger partial charge in [-0.05, 0) is 29.8 Å². The van der Waals surface area contributed by atoms with Gasteiger partial charge in [-0.1, -0.05) is 35.9 Å². The Morgan fingerprint density at radius 1 is 1.13 bits per heavy atom. The fourth-order valence-electron chi connectivity index (χ4n) is 1.94. The van der Waals surface area contributed by atoms with Gasteiger partial charge in [-0.3, -0.25) is 0 Å². The summed E-state index contributed by atoms with van der Waals surface area (Å²) in [5, 5.41) is 18.5. The van der Waals surface area contributed by atoms with E-state index in [0.29, 0.717) is 28.7 Å². The number of methoxy groups -OCH3 is 1. The number of nitrogens with zero attached hydrogens (tertiary/aromatic N) is 2. The van der Waals surface area contributed by atoms with Gasteiger partial charge in [-0.25, -0.2) is 0 Å². The van der Waals surface area contributed by atoms with Crippen molar-refractivity contribution in [2.75, 3.05) is 7.11 Å². The summed E-state index contributed by atoms with van der Waals surface area (Å²) in [7, 11) is 1.54. The third-order valence-electron chi connectivity index (χ3n) is 3.07. The average molecular weight is 325 g/mol. The number of hydrogen-bond donors (Lipinski definition) is 0. The predicted molar refractivity (Wildman–Crippen MR) is 88.0 cm³/mol. The zero-order chi connectivity index (χ0) is 16.7. The molecule has 0 aliphatic carbocycles. The normalized spacial score (nSPS) is 9.39. The zero-order valence-corrected chi connectivity index (χ0v) is 13.2. The second-order valence-electron chi connectivity index (χ2n) is 4.58. The van der Waals surface area contributed by atoms with Crippen LogP contribution in [0.1, 0.15) is 11.1 Å². The van der Waals surface area contributed by atoms with Crippen LogP contribution in [0.5, 0.6) is 11.5 Å². The first kappa shape index (κ1) is 16.4. The van der Waals surface area contributed by atoms with Crippen molar-refractivity contribution < 1.29 is 9.47 Å². The van der Waals surface area contributed by atoms with Gasteiger partial charge >= 0.3 is 0 Å². The number of allylic oxidation sites excluding steroid dienone is 1. The van der Waals surface area contributed by atoms with Crippen LogP contribution in [0, 0.1) is 22.7 Å². The Hall–Kier alpha value is -2.95. The zero-order valence-electron chi connectivity index (χ0n) is 12.4. The highest BCUT2D eigenvalue weighted by molar-refractivity contribution is 6.30. The molecule has 0 saturated carbocycles. The van der Waals surface area contributed by atoms with Gasteiger partial charge in [0.1, 0.15) is 24.3 Å². The van der Waals surface area contributed by atoms with Crippen LogP contribution in [0.3, 0.4) is 0 Å². The lowest BCUT2D eigenvalue weighted by molar-refractivity contribution is 0.284. The van der Waals surface area contributed by atoms with E-state index in [0.717, 1.165) is 5.56 Å². The summed E-state index contributed by atoms with van der Waals surface area (Å²) < 4.78 is 11.1. The summed E-state index contributed by atoms with van der Waals surface area (Å²) in [5.41, 5.74) is 1.54. The van der Waals surface area contributed by atoms with Crippen molar-refractivity contribution >= 4 is 17.7 Å². The van der Waals surface area contributed by atoms with Crippen LogP contribution in [0.15, 0.2) is 48.0 Å². The van der Waals surface area contributed by atoms with Crippen molar-refractivity contribution in [2.45, 2.75) is 6.61 Å². The van der Waals surface area contributed by atoms with Gasteiger partial charge in [0.2, 0.25) is 0 Å². The minimum Gasteiger partial charge on any atom is -0.493 e. The van der Waals surface area contributed by atoms with Gasteiger partial charge < -0.3 is 9.47 Å². The molecule has 0 saturated heterocycles. The van der Waals surface area contributed by atoms with Crippen LogP contribution in [0.4, 0.5) is 0 Å². The number of ether oxygens (including phenoxy) is 2. The summed E-state index contributed by atoms with van der Waals surface area (Å²) in [6.45, 7) is 0.312. The van der Waals surface area contributed by atoms with Crippen LogP contribution < -0.4 is 9.47 Å². The van der Waals surface area contributed by atoms with E-state index in [1.54, 1.807) is 30.3 Å². The molecule has 2 aromatic carbocycles. The van der Waals surface area contributed by atoms with Crippen LogP contribution in [-0.4, -0.2) is 7.11 Å². The second-order valence-corrected chi connectivity index (χ2v) is 5.01. The largest absolute Gasteiger partial charge is 0.493 e. The molecule has 114 valence electrons. The molecule has 0 N–H and O–H groups in total. The van der Waals surface area contributed by atoms with Crippen molar-refractivity contribution in [1.82, 2.24) is 0 Å². The van der Waals surface area contributed by atoms with Crippen LogP contribution in [-0.2, 0) is 6.61 Å². The third-order valence-corrected chi connectivity index (χ3v) is 3.32. The predicted octanol–water partition coefficient (Wildman–Crippen LogP) is 4.36. The minimum atomic E-state index is -0.00500. The molecule has 0 aliphatic heterocycles. The maximum absolute atomic E-state index is 8.91. The molecular weight excluding hydrogens is 312 g/mol. The summed E-state index contributed by atoms with van der Waals surface area (Å²) in [5.74, 6) is 1.01. The van der Waals surface area contributed by atoms with E-state index in [-0.39, 0.29) is 5.57 Å². The SMILES string of the molecule is COc1cccc(C=C(C#N)C#N)c1OCc1ccc(Cl)cc1. The lowest BCUT2D eigenvalue weighted by Crippen LogP contribution is -1.99. The number of para-hydroxylation sites is 1. The van der Waals surface area contributed by atoms with E-state index in [9.17, 15) is 0 Å². The molecular formula is C18H13ClN2O2. The van der Waals surface area contributed by atoms with E-state index in [1.807, 2.05) is 24.3 Å². The first-order valence-corrected chi connectivity index (χ1v) is 7.12. The van der Waals surface area contributed by atoms with Gasteiger partial charge in [-0.15, -0.1) is 0 Å². The van der Waals surface area contributed by atoms with Crippen LogP contribution in [0.25, 0.3) is 6.08 Å². The molecule has 2 aromatic rings. The Morgan fingerprint density at radius 3 is 2.43 bits per heavy atom. The maximum Gasteiger partial charge on any atom is 0.168 e. The summed E-state index contributed by atoms with van der Waals surface area (Å²) >= 11 is 5.86. The Bertz CT molecular complexity index is 783. The molecule has 0 unspecified atom stereocenters. The Labute approximate surface area is 139 Å². The number of benzene rings is 2. The topological polar surface area (TPSA) is 66.0 Å². The third kappa shape index (κ3) is 4.26. The molecule has 4 nitrogen and oxygen atoms in total. The van der Waals surface area contributed by atoms with Crippen molar-refractivity contribution in [3.63, 3.8) is 0 Å². The minimum absolute atomic E-state index is 0.00500. The molecule has 0 spiro atoms. The quantitative estimate of drug-likeness (QED) is 0.766. The lowest BCUT2D eigenvalue weighted by Gasteiger charge is -2.13.